The lowest BCUT2D eigenvalue weighted by Crippen LogP contribution is -2.33. The summed E-state index contributed by atoms with van der Waals surface area (Å²) in [5, 5.41) is 18.4. The number of halogens is 1. The van der Waals surface area contributed by atoms with E-state index < -0.39 is 0 Å². The molecule has 1 amide bonds. The van der Waals surface area contributed by atoms with Crippen LogP contribution < -0.4 is 21.5 Å². The van der Waals surface area contributed by atoms with Crippen molar-refractivity contribution < 1.29 is 9.90 Å². The first kappa shape index (κ1) is 31.7. The second-order valence-electron chi connectivity index (χ2n) is 9.09. The molecule has 4 N–H and O–H groups in total. The molecule has 36 heavy (non-hydrogen) atoms. The maximum atomic E-state index is 12.7. The number of aliphatic hydroxyl groups excluding tert-OH is 1. The summed E-state index contributed by atoms with van der Waals surface area (Å²) in [6, 6.07) is 5.29. The fourth-order valence-electron chi connectivity index (χ4n) is 4.18. The molecule has 2 aromatic rings. The third-order valence-corrected chi connectivity index (χ3v) is 6.28. The van der Waals surface area contributed by atoms with Crippen molar-refractivity contribution in [3.63, 3.8) is 0 Å². The normalized spacial score (nSPS) is 12.6. The van der Waals surface area contributed by atoms with Crippen LogP contribution in [0.4, 0.5) is 5.69 Å². The van der Waals surface area contributed by atoms with Gasteiger partial charge in [0.2, 0.25) is 0 Å². The lowest BCUT2D eigenvalue weighted by atomic mass is 10.0. The van der Waals surface area contributed by atoms with Crippen LogP contribution in [0.3, 0.4) is 0 Å². The standard InChI is InChI=1S/C20H26ClN3O3.C6H12.C2H7N/c1-5-22-18-10-15(21)9-16(14(18)4)19(26)23-11-17-12(2)8-13(3)24(6-7-25)20(17)27;1-2-4-6-5-3-1;1-3-2/h8-10,22,25H,5-7,11H2,1-4H3,(H,23,26);1-6H2;3H,1-2H3. The number of hydrogen-bond acceptors (Lipinski definition) is 5. The van der Waals surface area contributed by atoms with Crippen molar-refractivity contribution in [2.75, 3.05) is 32.6 Å². The van der Waals surface area contributed by atoms with E-state index in [1.807, 2.05) is 47.9 Å². The van der Waals surface area contributed by atoms with Gasteiger partial charge in [-0.25, -0.2) is 0 Å². The number of carbonyl (C=O) groups is 1. The van der Waals surface area contributed by atoms with Crippen molar-refractivity contribution in [1.29, 1.82) is 0 Å². The number of pyridine rings is 1. The molecular formula is C28H45ClN4O3. The Labute approximate surface area is 221 Å². The van der Waals surface area contributed by atoms with Crippen LogP contribution in [0.25, 0.3) is 0 Å². The van der Waals surface area contributed by atoms with Crippen LogP contribution in [-0.2, 0) is 13.1 Å². The number of carbonyl (C=O) groups excluding carboxylic acids is 1. The number of aryl methyl sites for hydroxylation is 2. The van der Waals surface area contributed by atoms with Gasteiger partial charge in [0.1, 0.15) is 0 Å². The van der Waals surface area contributed by atoms with Gasteiger partial charge in [-0.2, -0.15) is 0 Å². The zero-order valence-corrected chi connectivity index (χ0v) is 23.6. The number of aromatic nitrogens is 1. The summed E-state index contributed by atoms with van der Waals surface area (Å²) in [4.78, 5) is 25.4. The third kappa shape index (κ3) is 9.96. The second kappa shape index (κ2) is 17.2. The fourth-order valence-corrected chi connectivity index (χ4v) is 4.39. The van der Waals surface area contributed by atoms with Gasteiger partial charge in [0.05, 0.1) is 6.61 Å². The maximum Gasteiger partial charge on any atom is 0.256 e. The Morgan fingerprint density at radius 3 is 2.08 bits per heavy atom. The van der Waals surface area contributed by atoms with Crippen LogP contribution in [0.1, 0.15) is 78.2 Å². The molecule has 7 nitrogen and oxygen atoms in total. The van der Waals surface area contributed by atoms with Gasteiger partial charge in [-0.05, 0) is 71.1 Å². The van der Waals surface area contributed by atoms with Crippen LogP contribution in [0, 0.1) is 20.8 Å². The molecule has 1 fully saturated rings. The number of benzene rings is 1. The van der Waals surface area contributed by atoms with Gasteiger partial charge in [-0.3, -0.25) is 9.59 Å². The minimum atomic E-state index is -0.290. The van der Waals surface area contributed by atoms with E-state index >= 15 is 0 Å². The maximum absolute atomic E-state index is 12.7. The van der Waals surface area contributed by atoms with Gasteiger partial charge >= 0.3 is 0 Å². The molecule has 202 valence electrons. The van der Waals surface area contributed by atoms with E-state index in [1.165, 1.54) is 43.1 Å². The highest BCUT2D eigenvalue weighted by atomic mass is 35.5. The molecule has 1 aromatic carbocycles. The Kier molecular flexibility index (Phi) is 15.1. The second-order valence-corrected chi connectivity index (χ2v) is 9.52. The van der Waals surface area contributed by atoms with Crippen LogP contribution in [0.15, 0.2) is 23.0 Å². The predicted molar refractivity (Wildman–Crippen MR) is 151 cm³/mol. The monoisotopic (exact) mass is 520 g/mol. The average Bonchev–Trinajstić information content (AvgIpc) is 2.85. The highest BCUT2D eigenvalue weighted by Gasteiger charge is 2.16. The molecule has 1 aliphatic rings. The summed E-state index contributed by atoms with van der Waals surface area (Å²) in [6.07, 6.45) is 9.00. The lowest BCUT2D eigenvalue weighted by molar-refractivity contribution is 0.0950. The molecule has 1 aliphatic carbocycles. The van der Waals surface area contributed by atoms with Crippen molar-refractivity contribution in [2.45, 2.75) is 79.3 Å². The third-order valence-electron chi connectivity index (χ3n) is 6.06. The quantitative estimate of drug-likeness (QED) is 0.414. The summed E-state index contributed by atoms with van der Waals surface area (Å²) in [7, 11) is 3.75. The molecule has 1 saturated carbocycles. The van der Waals surface area contributed by atoms with Gasteiger partial charge in [0, 0.05) is 47.2 Å². The number of rotatable bonds is 7. The van der Waals surface area contributed by atoms with Gasteiger partial charge in [-0.1, -0.05) is 50.1 Å². The van der Waals surface area contributed by atoms with Crippen molar-refractivity contribution in [2.24, 2.45) is 0 Å². The number of anilines is 1. The van der Waals surface area contributed by atoms with E-state index in [-0.39, 0.29) is 31.2 Å². The minimum Gasteiger partial charge on any atom is -0.395 e. The molecule has 0 bridgehead atoms. The summed E-state index contributed by atoms with van der Waals surface area (Å²) in [5.41, 5.74) is 3.99. The first-order chi connectivity index (χ1) is 17.2. The Hall–Kier alpha value is -2.35. The van der Waals surface area contributed by atoms with Crippen molar-refractivity contribution >= 4 is 23.2 Å². The Bertz CT molecular complexity index is 1010. The Morgan fingerprint density at radius 2 is 1.58 bits per heavy atom. The largest absolute Gasteiger partial charge is 0.395 e. The molecule has 1 heterocycles. The van der Waals surface area contributed by atoms with Gasteiger partial charge in [0.25, 0.3) is 11.5 Å². The molecule has 0 atom stereocenters. The van der Waals surface area contributed by atoms with E-state index in [9.17, 15) is 14.7 Å². The molecular weight excluding hydrogens is 476 g/mol. The highest BCUT2D eigenvalue weighted by Crippen LogP contribution is 2.25. The van der Waals surface area contributed by atoms with Gasteiger partial charge in [0.15, 0.2) is 0 Å². The molecule has 8 heteroatoms. The van der Waals surface area contributed by atoms with E-state index in [0.29, 0.717) is 16.1 Å². The van der Waals surface area contributed by atoms with E-state index in [2.05, 4.69) is 16.0 Å². The van der Waals surface area contributed by atoms with Crippen LogP contribution in [0.5, 0.6) is 0 Å². The fraction of sp³-hybridized carbons (Fsp3) is 0.571. The highest BCUT2D eigenvalue weighted by molar-refractivity contribution is 6.31. The average molecular weight is 521 g/mol. The van der Waals surface area contributed by atoms with Crippen LogP contribution in [0.2, 0.25) is 5.02 Å². The molecule has 0 saturated heterocycles. The lowest BCUT2D eigenvalue weighted by Gasteiger charge is -2.16. The predicted octanol–water partition coefficient (Wildman–Crippen LogP) is 4.96. The minimum absolute atomic E-state index is 0.109. The topological polar surface area (TPSA) is 95.4 Å². The summed E-state index contributed by atoms with van der Waals surface area (Å²) < 4.78 is 1.52. The number of hydrogen-bond donors (Lipinski definition) is 4. The zero-order valence-electron chi connectivity index (χ0n) is 22.9. The van der Waals surface area contributed by atoms with Gasteiger partial charge < -0.3 is 25.6 Å². The van der Waals surface area contributed by atoms with E-state index in [4.69, 9.17) is 11.6 Å². The van der Waals surface area contributed by atoms with Gasteiger partial charge in [-0.15, -0.1) is 0 Å². The van der Waals surface area contributed by atoms with Crippen molar-refractivity contribution in [3.8, 4) is 0 Å². The zero-order chi connectivity index (χ0) is 27.1. The summed E-state index contributed by atoms with van der Waals surface area (Å²) in [5.74, 6) is -0.290. The molecule has 0 spiro atoms. The summed E-state index contributed by atoms with van der Waals surface area (Å²) >= 11 is 6.15. The molecule has 3 rings (SSSR count). The number of nitrogens with one attached hydrogen (secondary N) is 3. The first-order valence-electron chi connectivity index (χ1n) is 12.9. The Morgan fingerprint density at radius 1 is 1.03 bits per heavy atom. The molecule has 1 aromatic heterocycles. The number of nitrogens with zero attached hydrogens (tertiary/aromatic N) is 1. The number of aliphatic hydroxyl groups is 1. The molecule has 0 radical (unpaired) electrons. The van der Waals surface area contributed by atoms with Crippen molar-refractivity contribution in [1.82, 2.24) is 15.2 Å². The van der Waals surface area contributed by atoms with Crippen LogP contribution >= 0.6 is 11.6 Å². The van der Waals surface area contributed by atoms with E-state index in [0.717, 1.165) is 29.1 Å². The van der Waals surface area contributed by atoms with E-state index in [1.54, 1.807) is 12.1 Å². The smallest absolute Gasteiger partial charge is 0.256 e. The summed E-state index contributed by atoms with van der Waals surface area (Å²) in [6.45, 7) is 8.42. The number of amides is 1. The molecule has 0 aliphatic heterocycles. The van der Waals surface area contributed by atoms with Crippen molar-refractivity contribution in [3.05, 3.63) is 61.5 Å². The Balaban J connectivity index is 0.000000607. The molecule has 0 unspecified atom stereocenters. The van der Waals surface area contributed by atoms with Crippen LogP contribution in [-0.4, -0.2) is 42.8 Å². The SMILES string of the molecule is C1CCCCC1.CCNc1cc(Cl)cc(C(=O)NCc2c(C)cc(C)n(CCO)c2=O)c1C.CNC. The first-order valence-corrected chi connectivity index (χ1v) is 13.3.